The Morgan fingerprint density at radius 1 is 1.05 bits per heavy atom. The van der Waals surface area contributed by atoms with E-state index in [1.54, 1.807) is 24.4 Å². The molecule has 0 radical (unpaired) electrons. The van der Waals surface area contributed by atoms with E-state index in [2.05, 4.69) is 20.9 Å². The van der Waals surface area contributed by atoms with Crippen molar-refractivity contribution in [2.75, 3.05) is 5.73 Å². The molecule has 6 heteroatoms. The van der Waals surface area contributed by atoms with Gasteiger partial charge in [0.2, 0.25) is 0 Å². The summed E-state index contributed by atoms with van der Waals surface area (Å²) in [6.45, 7) is 0. The van der Waals surface area contributed by atoms with E-state index in [0.29, 0.717) is 27.2 Å². The van der Waals surface area contributed by atoms with Crippen molar-refractivity contribution in [1.82, 2.24) is 4.98 Å². The number of nitrogens with two attached hydrogens (primary N) is 1. The molecule has 1 aromatic heterocycles. The molecule has 3 rings (SSSR count). The van der Waals surface area contributed by atoms with Gasteiger partial charge in [0.05, 0.1) is 17.4 Å². The third-order valence-corrected chi connectivity index (χ3v) is 3.79. The van der Waals surface area contributed by atoms with Crippen molar-refractivity contribution in [3.8, 4) is 11.5 Å². The Kier molecular flexibility index (Phi) is 3.93. The lowest BCUT2D eigenvalue weighted by atomic mass is 10.2. The van der Waals surface area contributed by atoms with Crippen LogP contribution in [0, 0.1) is 0 Å². The fourth-order valence-electron chi connectivity index (χ4n) is 1.98. The van der Waals surface area contributed by atoms with E-state index in [9.17, 15) is 0 Å². The highest BCUT2D eigenvalue weighted by Crippen LogP contribution is 2.37. The lowest BCUT2D eigenvalue weighted by Crippen LogP contribution is -1.95. The Hall–Kier alpha value is -1.49. The molecule has 0 aliphatic heterocycles. The van der Waals surface area contributed by atoms with Crippen LogP contribution >= 0.6 is 39.1 Å². The number of hydrogen-bond acceptors (Lipinski definition) is 3. The van der Waals surface area contributed by atoms with Gasteiger partial charge in [-0.15, -0.1) is 0 Å². The maximum atomic E-state index is 5.99. The number of halogens is 3. The summed E-state index contributed by atoms with van der Waals surface area (Å²) in [7, 11) is 0. The van der Waals surface area contributed by atoms with Gasteiger partial charge in [-0.25, -0.2) is 0 Å². The van der Waals surface area contributed by atoms with Crippen LogP contribution in [0.1, 0.15) is 0 Å². The first-order valence-electron chi connectivity index (χ1n) is 6.00. The van der Waals surface area contributed by atoms with Crippen LogP contribution in [-0.4, -0.2) is 4.98 Å². The number of aromatic nitrogens is 1. The molecule has 0 unspecified atom stereocenters. The van der Waals surface area contributed by atoms with Gasteiger partial charge in [0.15, 0.2) is 5.75 Å². The lowest BCUT2D eigenvalue weighted by molar-refractivity contribution is 0.490. The Balaban J connectivity index is 2.15. The number of pyridine rings is 1. The highest BCUT2D eigenvalue weighted by molar-refractivity contribution is 9.10. The Labute approximate surface area is 139 Å². The normalized spacial score (nSPS) is 10.8. The minimum atomic E-state index is 0.441. The second-order valence-electron chi connectivity index (χ2n) is 4.41. The number of nitrogen functional groups attached to an aromatic ring is 1. The summed E-state index contributed by atoms with van der Waals surface area (Å²) in [5.41, 5.74) is 7.22. The van der Waals surface area contributed by atoms with Gasteiger partial charge < -0.3 is 10.5 Å². The smallest absolute Gasteiger partial charge is 0.161 e. The summed E-state index contributed by atoms with van der Waals surface area (Å²) in [6, 6.07) is 10.7. The number of anilines is 1. The largest absolute Gasteiger partial charge is 0.454 e. The average molecular weight is 384 g/mol. The predicted molar refractivity (Wildman–Crippen MR) is 90.4 cm³/mol. The molecule has 2 N–H and O–H groups in total. The summed E-state index contributed by atoms with van der Waals surface area (Å²) in [5, 5.41) is 1.80. The maximum Gasteiger partial charge on any atom is 0.161 e. The van der Waals surface area contributed by atoms with Gasteiger partial charge in [0.25, 0.3) is 0 Å². The van der Waals surface area contributed by atoms with Crippen molar-refractivity contribution in [3.05, 3.63) is 57.1 Å². The van der Waals surface area contributed by atoms with Crippen LogP contribution in [0.2, 0.25) is 10.0 Å². The molecule has 2 aromatic carbocycles. The molecule has 106 valence electrons. The zero-order valence-corrected chi connectivity index (χ0v) is 13.7. The van der Waals surface area contributed by atoms with Crippen LogP contribution in [0.3, 0.4) is 0 Å². The minimum absolute atomic E-state index is 0.441. The number of nitrogens with zero attached hydrogens (tertiary/aromatic N) is 1. The monoisotopic (exact) mass is 382 g/mol. The molecule has 0 saturated carbocycles. The molecule has 0 fully saturated rings. The molecule has 0 bridgehead atoms. The summed E-state index contributed by atoms with van der Waals surface area (Å²) in [4.78, 5) is 4.28. The third kappa shape index (κ3) is 3.07. The molecule has 3 nitrogen and oxygen atoms in total. The molecule has 0 saturated heterocycles. The Bertz CT molecular complexity index is 814. The van der Waals surface area contributed by atoms with Crippen molar-refractivity contribution in [1.29, 1.82) is 0 Å². The summed E-state index contributed by atoms with van der Waals surface area (Å²) >= 11 is 15.4. The third-order valence-electron chi connectivity index (χ3n) is 2.86. The van der Waals surface area contributed by atoms with Crippen LogP contribution in [-0.2, 0) is 0 Å². The molecule has 0 spiro atoms. The maximum absolute atomic E-state index is 5.99. The van der Waals surface area contributed by atoms with Gasteiger partial charge in [0.1, 0.15) is 5.75 Å². The van der Waals surface area contributed by atoms with Gasteiger partial charge in [-0.3, -0.25) is 4.98 Å². The molecule has 0 aliphatic carbocycles. The minimum Gasteiger partial charge on any atom is -0.454 e. The molecule has 0 atom stereocenters. The van der Waals surface area contributed by atoms with Gasteiger partial charge >= 0.3 is 0 Å². The number of fused-ring (bicyclic) bond motifs is 1. The van der Waals surface area contributed by atoms with Crippen molar-refractivity contribution in [2.24, 2.45) is 0 Å². The van der Waals surface area contributed by atoms with Crippen LogP contribution < -0.4 is 10.5 Å². The topological polar surface area (TPSA) is 48.1 Å². The van der Waals surface area contributed by atoms with Gasteiger partial charge in [0, 0.05) is 19.9 Å². The van der Waals surface area contributed by atoms with Gasteiger partial charge in [-0.05, 0) is 36.4 Å². The fourth-order valence-corrected chi connectivity index (χ4v) is 2.84. The van der Waals surface area contributed by atoms with Crippen molar-refractivity contribution >= 4 is 55.7 Å². The van der Waals surface area contributed by atoms with E-state index in [0.717, 1.165) is 15.4 Å². The van der Waals surface area contributed by atoms with E-state index in [1.165, 1.54) is 0 Å². The molecule has 1 heterocycles. The van der Waals surface area contributed by atoms with Gasteiger partial charge in [-0.2, -0.15) is 0 Å². The number of rotatable bonds is 2. The molecular formula is C15H9BrCl2N2O. The molecule has 3 aromatic rings. The van der Waals surface area contributed by atoms with Gasteiger partial charge in [-0.1, -0.05) is 39.1 Å². The quantitative estimate of drug-likeness (QED) is 0.619. The van der Waals surface area contributed by atoms with E-state index >= 15 is 0 Å². The van der Waals surface area contributed by atoms with Crippen molar-refractivity contribution in [2.45, 2.75) is 0 Å². The number of ether oxygens (including phenoxy) is 1. The lowest BCUT2D eigenvalue weighted by Gasteiger charge is -2.12. The first-order chi connectivity index (χ1) is 10.0. The van der Waals surface area contributed by atoms with Crippen molar-refractivity contribution < 1.29 is 4.74 Å². The molecular weight excluding hydrogens is 375 g/mol. The standard InChI is InChI=1S/C15H9BrCl2N2O/c16-8-1-2-14-12(3-8)15(13(19)7-20-14)21-11-5-9(17)4-10(18)6-11/h1-7H,19H2. The summed E-state index contributed by atoms with van der Waals surface area (Å²) in [5.74, 6) is 1.05. The number of hydrogen-bond donors (Lipinski definition) is 1. The fraction of sp³-hybridized carbons (Fsp3) is 0. The molecule has 0 amide bonds. The Morgan fingerprint density at radius 2 is 1.76 bits per heavy atom. The van der Waals surface area contributed by atoms with E-state index < -0.39 is 0 Å². The van der Waals surface area contributed by atoms with Crippen molar-refractivity contribution in [3.63, 3.8) is 0 Å². The van der Waals surface area contributed by atoms with Crippen LogP contribution in [0.5, 0.6) is 11.5 Å². The van der Waals surface area contributed by atoms with E-state index in [1.807, 2.05) is 18.2 Å². The number of benzene rings is 2. The van der Waals surface area contributed by atoms with E-state index in [-0.39, 0.29) is 0 Å². The van der Waals surface area contributed by atoms with Crippen LogP contribution in [0.4, 0.5) is 5.69 Å². The molecule has 0 aliphatic rings. The summed E-state index contributed by atoms with van der Waals surface area (Å²) in [6.07, 6.45) is 1.57. The highest BCUT2D eigenvalue weighted by atomic mass is 79.9. The van der Waals surface area contributed by atoms with Crippen LogP contribution in [0.15, 0.2) is 47.1 Å². The Morgan fingerprint density at radius 3 is 2.48 bits per heavy atom. The highest BCUT2D eigenvalue weighted by Gasteiger charge is 2.11. The average Bonchev–Trinajstić information content (AvgIpc) is 2.41. The zero-order valence-electron chi connectivity index (χ0n) is 10.6. The SMILES string of the molecule is Nc1cnc2ccc(Br)cc2c1Oc1cc(Cl)cc(Cl)c1. The zero-order chi connectivity index (χ0) is 15.0. The first-order valence-corrected chi connectivity index (χ1v) is 7.55. The first kappa shape index (κ1) is 14.4. The second kappa shape index (κ2) is 5.72. The summed E-state index contributed by atoms with van der Waals surface area (Å²) < 4.78 is 6.80. The second-order valence-corrected chi connectivity index (χ2v) is 6.20. The predicted octanol–water partition coefficient (Wildman–Crippen LogP) is 5.68. The van der Waals surface area contributed by atoms with E-state index in [4.69, 9.17) is 33.7 Å². The molecule has 21 heavy (non-hydrogen) atoms. The van der Waals surface area contributed by atoms with Crippen LogP contribution in [0.25, 0.3) is 10.9 Å².